The van der Waals surface area contributed by atoms with Crippen LogP contribution < -0.4 is 0 Å². The normalized spacial score (nSPS) is 17.8. The third kappa shape index (κ3) is 5.36. The minimum absolute atomic E-state index is 0.0197. The van der Waals surface area contributed by atoms with E-state index in [-0.39, 0.29) is 36.4 Å². The third-order valence-electron chi connectivity index (χ3n) is 5.65. The Morgan fingerprint density at radius 1 is 1.19 bits per heavy atom. The molecule has 0 aromatic heterocycles. The van der Waals surface area contributed by atoms with Gasteiger partial charge in [-0.25, -0.2) is 4.79 Å². The molecular formula is C24H26N2O5. The standard InChI is InChI=1S/C24H26N2O5/c1-3-17(2)23(24(28)31-16-18-7-5-4-6-8-18)25-14-13-21(27)15-22(25)19-9-11-20(12-10-19)26(29)30/h4-14,17,22-23H,3,15-16H2,1-2H3/t17?,22-,23+/m0/s1. The predicted octanol–water partition coefficient (Wildman–Crippen LogP) is 4.58. The lowest BCUT2D eigenvalue weighted by molar-refractivity contribution is -0.384. The summed E-state index contributed by atoms with van der Waals surface area (Å²) in [6.07, 6.45) is 4.06. The van der Waals surface area contributed by atoms with E-state index in [0.29, 0.717) is 0 Å². The van der Waals surface area contributed by atoms with Crippen molar-refractivity contribution >= 4 is 17.4 Å². The zero-order chi connectivity index (χ0) is 22.4. The molecule has 7 nitrogen and oxygen atoms in total. The zero-order valence-corrected chi connectivity index (χ0v) is 17.6. The van der Waals surface area contributed by atoms with Crippen LogP contribution in [-0.2, 0) is 20.9 Å². The summed E-state index contributed by atoms with van der Waals surface area (Å²) in [6, 6.07) is 14.6. The highest BCUT2D eigenvalue weighted by molar-refractivity contribution is 5.91. The molecule has 1 heterocycles. The van der Waals surface area contributed by atoms with Crippen molar-refractivity contribution in [2.75, 3.05) is 0 Å². The van der Waals surface area contributed by atoms with Gasteiger partial charge in [0.05, 0.1) is 11.0 Å². The lowest BCUT2D eigenvalue weighted by Gasteiger charge is -2.40. The number of ketones is 1. The van der Waals surface area contributed by atoms with Gasteiger partial charge in [0.15, 0.2) is 5.78 Å². The van der Waals surface area contributed by atoms with E-state index in [9.17, 15) is 19.7 Å². The topological polar surface area (TPSA) is 89.8 Å². The summed E-state index contributed by atoms with van der Waals surface area (Å²) in [4.78, 5) is 37.7. The molecule has 3 rings (SSSR count). The van der Waals surface area contributed by atoms with Crippen LogP contribution in [0.1, 0.15) is 43.9 Å². The van der Waals surface area contributed by atoms with Crippen LogP contribution in [0.5, 0.6) is 0 Å². The van der Waals surface area contributed by atoms with Gasteiger partial charge in [-0.05, 0) is 23.1 Å². The number of allylic oxidation sites excluding steroid dienone is 1. The Morgan fingerprint density at radius 2 is 1.87 bits per heavy atom. The summed E-state index contributed by atoms with van der Waals surface area (Å²) < 4.78 is 5.64. The number of benzene rings is 2. The van der Waals surface area contributed by atoms with Crippen molar-refractivity contribution in [3.63, 3.8) is 0 Å². The van der Waals surface area contributed by atoms with Crippen LogP contribution in [-0.4, -0.2) is 27.6 Å². The third-order valence-corrected chi connectivity index (χ3v) is 5.65. The molecule has 0 saturated carbocycles. The monoisotopic (exact) mass is 422 g/mol. The van der Waals surface area contributed by atoms with E-state index in [2.05, 4.69) is 0 Å². The molecule has 2 aromatic rings. The van der Waals surface area contributed by atoms with Gasteiger partial charge in [-0.15, -0.1) is 0 Å². The molecule has 0 radical (unpaired) electrons. The van der Waals surface area contributed by atoms with Gasteiger partial charge < -0.3 is 9.64 Å². The lowest BCUT2D eigenvalue weighted by atomic mass is 9.90. The Bertz CT molecular complexity index is 956. The summed E-state index contributed by atoms with van der Waals surface area (Å²) in [6.45, 7) is 4.15. The van der Waals surface area contributed by atoms with Crippen LogP contribution in [0.3, 0.4) is 0 Å². The molecular weight excluding hydrogens is 396 g/mol. The van der Waals surface area contributed by atoms with Crippen molar-refractivity contribution in [2.45, 2.75) is 45.4 Å². The van der Waals surface area contributed by atoms with Crippen LogP contribution in [0.4, 0.5) is 5.69 Å². The van der Waals surface area contributed by atoms with E-state index in [0.717, 1.165) is 17.5 Å². The maximum absolute atomic E-state index is 13.1. The summed E-state index contributed by atoms with van der Waals surface area (Å²) in [5, 5.41) is 11.0. The summed E-state index contributed by atoms with van der Waals surface area (Å²) in [5.74, 6) is -0.439. The molecule has 0 aliphatic carbocycles. The van der Waals surface area contributed by atoms with Crippen LogP contribution in [0.15, 0.2) is 66.9 Å². The van der Waals surface area contributed by atoms with E-state index in [1.807, 2.05) is 49.1 Å². The molecule has 0 bridgehead atoms. The van der Waals surface area contributed by atoms with Gasteiger partial charge in [0.1, 0.15) is 12.6 Å². The number of nitro benzene ring substituents is 1. The molecule has 1 aliphatic heterocycles. The van der Waals surface area contributed by atoms with Crippen molar-refractivity contribution in [2.24, 2.45) is 5.92 Å². The first kappa shape index (κ1) is 22.2. The van der Waals surface area contributed by atoms with Crippen molar-refractivity contribution < 1.29 is 19.2 Å². The Balaban J connectivity index is 1.87. The Labute approximate surface area is 181 Å². The highest BCUT2D eigenvalue weighted by Crippen LogP contribution is 2.34. The molecule has 1 unspecified atom stereocenters. The summed E-state index contributed by atoms with van der Waals surface area (Å²) in [5.41, 5.74) is 1.62. The molecule has 0 amide bonds. The minimum Gasteiger partial charge on any atom is -0.459 e. The second-order valence-electron chi connectivity index (χ2n) is 7.72. The number of hydrogen-bond acceptors (Lipinski definition) is 6. The molecule has 0 saturated heterocycles. The van der Waals surface area contributed by atoms with Gasteiger partial charge in [-0.3, -0.25) is 14.9 Å². The molecule has 0 spiro atoms. The molecule has 2 aromatic carbocycles. The van der Waals surface area contributed by atoms with Gasteiger partial charge in [0, 0.05) is 24.8 Å². The van der Waals surface area contributed by atoms with Gasteiger partial charge in [-0.2, -0.15) is 0 Å². The number of hydrogen-bond donors (Lipinski definition) is 0. The Morgan fingerprint density at radius 3 is 2.48 bits per heavy atom. The highest BCUT2D eigenvalue weighted by atomic mass is 16.6. The van der Waals surface area contributed by atoms with Crippen molar-refractivity contribution in [3.8, 4) is 0 Å². The number of non-ortho nitro benzene ring substituents is 1. The van der Waals surface area contributed by atoms with Crippen molar-refractivity contribution in [1.82, 2.24) is 4.90 Å². The zero-order valence-electron chi connectivity index (χ0n) is 17.6. The summed E-state index contributed by atoms with van der Waals surface area (Å²) in [7, 11) is 0. The van der Waals surface area contributed by atoms with Gasteiger partial charge in [0.2, 0.25) is 0 Å². The largest absolute Gasteiger partial charge is 0.459 e. The first-order chi connectivity index (χ1) is 14.9. The fourth-order valence-corrected chi connectivity index (χ4v) is 3.72. The molecule has 7 heteroatoms. The van der Waals surface area contributed by atoms with E-state index in [1.165, 1.54) is 18.2 Å². The highest BCUT2D eigenvalue weighted by Gasteiger charge is 2.37. The molecule has 3 atom stereocenters. The lowest BCUT2D eigenvalue weighted by Crippen LogP contribution is -2.46. The second kappa shape index (κ2) is 10.0. The minimum atomic E-state index is -0.585. The fraction of sp³-hybridized carbons (Fsp3) is 0.333. The average Bonchev–Trinajstić information content (AvgIpc) is 2.79. The first-order valence-corrected chi connectivity index (χ1v) is 10.3. The number of carbonyl (C=O) groups excluding carboxylic acids is 2. The van der Waals surface area contributed by atoms with Crippen LogP contribution in [0, 0.1) is 16.0 Å². The van der Waals surface area contributed by atoms with Gasteiger partial charge >= 0.3 is 5.97 Å². The van der Waals surface area contributed by atoms with Crippen LogP contribution >= 0.6 is 0 Å². The smallest absolute Gasteiger partial charge is 0.329 e. The number of ether oxygens (including phenoxy) is 1. The molecule has 0 N–H and O–H groups in total. The quantitative estimate of drug-likeness (QED) is 0.351. The van der Waals surface area contributed by atoms with E-state index in [4.69, 9.17) is 4.74 Å². The average molecular weight is 422 g/mol. The van der Waals surface area contributed by atoms with Crippen LogP contribution in [0.25, 0.3) is 0 Å². The second-order valence-corrected chi connectivity index (χ2v) is 7.72. The maximum atomic E-state index is 13.1. The first-order valence-electron chi connectivity index (χ1n) is 10.3. The van der Waals surface area contributed by atoms with Crippen LogP contribution in [0.2, 0.25) is 0 Å². The molecule has 0 fully saturated rings. The maximum Gasteiger partial charge on any atom is 0.329 e. The fourth-order valence-electron chi connectivity index (χ4n) is 3.72. The van der Waals surface area contributed by atoms with E-state index in [1.54, 1.807) is 18.3 Å². The van der Waals surface area contributed by atoms with Gasteiger partial charge in [0.25, 0.3) is 5.69 Å². The van der Waals surface area contributed by atoms with Gasteiger partial charge in [-0.1, -0.05) is 62.7 Å². The number of nitrogens with zero attached hydrogens (tertiary/aromatic N) is 2. The Hall–Kier alpha value is -3.48. The number of esters is 1. The molecule has 31 heavy (non-hydrogen) atoms. The van der Waals surface area contributed by atoms with Crippen molar-refractivity contribution in [3.05, 3.63) is 88.1 Å². The SMILES string of the molecule is CCC(C)[C@H](C(=O)OCc1ccccc1)N1C=CC(=O)C[C@H]1c1ccc([N+](=O)[O-])cc1. The number of rotatable bonds is 8. The molecule has 1 aliphatic rings. The molecule has 162 valence electrons. The Kier molecular flexibility index (Phi) is 7.18. The number of nitro groups is 1. The van der Waals surface area contributed by atoms with E-state index >= 15 is 0 Å². The van der Waals surface area contributed by atoms with Crippen molar-refractivity contribution in [1.29, 1.82) is 0 Å². The number of carbonyl (C=O) groups is 2. The predicted molar refractivity (Wildman–Crippen MR) is 116 cm³/mol. The summed E-state index contributed by atoms with van der Waals surface area (Å²) >= 11 is 0. The van der Waals surface area contributed by atoms with E-state index < -0.39 is 17.0 Å².